The first-order chi connectivity index (χ1) is 15.5. The number of hydrogen-bond donors (Lipinski definition) is 1. The summed E-state index contributed by atoms with van der Waals surface area (Å²) >= 11 is 0. The van der Waals surface area contributed by atoms with Crippen LogP contribution < -0.4 is 15.0 Å². The van der Waals surface area contributed by atoms with Gasteiger partial charge in [0, 0.05) is 24.5 Å². The van der Waals surface area contributed by atoms with Crippen LogP contribution in [0, 0.1) is 6.92 Å². The molecule has 0 spiro atoms. The molecule has 0 aliphatic carbocycles. The van der Waals surface area contributed by atoms with Crippen LogP contribution >= 0.6 is 0 Å². The summed E-state index contributed by atoms with van der Waals surface area (Å²) in [4.78, 5) is 16.7. The SMILES string of the molecule is CCN(CC)c1ccc(-n2nc3cc(C)c(NC(=O)c4ccccc4OC)cc3n2)cc1. The van der Waals surface area contributed by atoms with Crippen LogP contribution in [0.5, 0.6) is 5.75 Å². The van der Waals surface area contributed by atoms with E-state index >= 15 is 0 Å². The van der Waals surface area contributed by atoms with Gasteiger partial charge in [0.05, 0.1) is 18.4 Å². The average molecular weight is 430 g/mol. The minimum Gasteiger partial charge on any atom is -0.496 e. The molecule has 0 aliphatic rings. The molecule has 0 saturated heterocycles. The summed E-state index contributed by atoms with van der Waals surface area (Å²) in [7, 11) is 1.55. The van der Waals surface area contributed by atoms with E-state index in [2.05, 4.69) is 46.4 Å². The van der Waals surface area contributed by atoms with Crippen LogP contribution in [0.15, 0.2) is 60.7 Å². The van der Waals surface area contributed by atoms with E-state index in [-0.39, 0.29) is 5.91 Å². The Morgan fingerprint density at radius 1 is 1.00 bits per heavy atom. The topological polar surface area (TPSA) is 72.3 Å². The number of aromatic nitrogens is 3. The summed E-state index contributed by atoms with van der Waals surface area (Å²) in [5.41, 5.74) is 5.61. The number of aryl methyl sites for hydroxylation is 1. The highest BCUT2D eigenvalue weighted by Gasteiger charge is 2.15. The number of ether oxygens (including phenoxy) is 1. The minimum atomic E-state index is -0.232. The van der Waals surface area contributed by atoms with Crippen molar-refractivity contribution in [2.75, 3.05) is 30.4 Å². The van der Waals surface area contributed by atoms with Crippen molar-refractivity contribution in [3.8, 4) is 11.4 Å². The van der Waals surface area contributed by atoms with Gasteiger partial charge in [-0.15, -0.1) is 10.2 Å². The number of nitrogens with one attached hydrogen (secondary N) is 1. The van der Waals surface area contributed by atoms with Crippen molar-refractivity contribution >= 4 is 28.3 Å². The van der Waals surface area contributed by atoms with Crippen LogP contribution in [0.2, 0.25) is 0 Å². The monoisotopic (exact) mass is 429 g/mol. The molecule has 1 amide bonds. The van der Waals surface area contributed by atoms with Gasteiger partial charge in [0.2, 0.25) is 0 Å². The molecule has 0 fully saturated rings. The van der Waals surface area contributed by atoms with Gasteiger partial charge in [-0.1, -0.05) is 12.1 Å². The fourth-order valence-electron chi connectivity index (χ4n) is 3.73. The first kappa shape index (κ1) is 21.4. The zero-order chi connectivity index (χ0) is 22.7. The molecule has 1 heterocycles. The van der Waals surface area contributed by atoms with Gasteiger partial charge in [0.25, 0.3) is 5.91 Å². The molecule has 1 aromatic heterocycles. The number of nitrogens with zero attached hydrogens (tertiary/aromatic N) is 4. The first-order valence-corrected chi connectivity index (χ1v) is 10.7. The van der Waals surface area contributed by atoms with Crippen molar-refractivity contribution in [3.05, 3.63) is 71.8 Å². The number of fused-ring (bicyclic) bond motifs is 1. The second-order valence-corrected chi connectivity index (χ2v) is 7.49. The van der Waals surface area contributed by atoms with Crippen LogP contribution in [0.4, 0.5) is 11.4 Å². The second kappa shape index (κ2) is 9.09. The van der Waals surface area contributed by atoms with Gasteiger partial charge in [-0.05, 0) is 74.9 Å². The molecular formula is C25H27N5O2. The lowest BCUT2D eigenvalue weighted by Gasteiger charge is -2.20. The van der Waals surface area contributed by atoms with Gasteiger partial charge in [-0.25, -0.2) is 0 Å². The fourth-order valence-corrected chi connectivity index (χ4v) is 3.73. The number of carbonyl (C=O) groups excluding carboxylic acids is 1. The largest absolute Gasteiger partial charge is 0.496 e. The quantitative estimate of drug-likeness (QED) is 0.455. The van der Waals surface area contributed by atoms with E-state index < -0.39 is 0 Å². The molecule has 3 aromatic carbocycles. The average Bonchev–Trinajstić information content (AvgIpc) is 3.23. The Balaban J connectivity index is 1.61. The van der Waals surface area contributed by atoms with Gasteiger partial charge >= 0.3 is 0 Å². The molecular weight excluding hydrogens is 402 g/mol. The molecule has 0 aliphatic heterocycles. The molecule has 7 nitrogen and oxygen atoms in total. The summed E-state index contributed by atoms with van der Waals surface area (Å²) < 4.78 is 5.30. The van der Waals surface area contributed by atoms with E-state index in [1.807, 2.05) is 43.3 Å². The number of carbonyl (C=O) groups is 1. The van der Waals surface area contributed by atoms with Crippen LogP contribution in [0.25, 0.3) is 16.7 Å². The maximum absolute atomic E-state index is 12.8. The molecule has 0 radical (unpaired) electrons. The van der Waals surface area contributed by atoms with Crippen molar-refractivity contribution in [1.82, 2.24) is 15.0 Å². The Kier molecular flexibility index (Phi) is 6.07. The third-order valence-corrected chi connectivity index (χ3v) is 5.54. The molecule has 0 atom stereocenters. The van der Waals surface area contributed by atoms with Crippen molar-refractivity contribution in [2.24, 2.45) is 0 Å². The van der Waals surface area contributed by atoms with E-state index in [1.54, 1.807) is 24.0 Å². The molecule has 0 bridgehead atoms. The van der Waals surface area contributed by atoms with Crippen molar-refractivity contribution in [2.45, 2.75) is 20.8 Å². The van der Waals surface area contributed by atoms with Crippen LogP contribution in [0.1, 0.15) is 29.8 Å². The summed E-state index contributed by atoms with van der Waals surface area (Å²) in [5, 5.41) is 12.2. The standard InChI is InChI=1S/C25H27N5O2/c1-5-29(6-2)18-11-13-19(14-12-18)30-27-22-15-17(3)21(16-23(22)28-30)26-25(31)20-9-7-8-10-24(20)32-4/h7-16H,5-6H2,1-4H3,(H,26,31). The van der Waals surface area contributed by atoms with Crippen molar-refractivity contribution in [1.29, 1.82) is 0 Å². The lowest BCUT2D eigenvalue weighted by atomic mass is 10.1. The molecule has 7 heteroatoms. The predicted molar refractivity (Wildman–Crippen MR) is 128 cm³/mol. The lowest BCUT2D eigenvalue weighted by molar-refractivity contribution is 0.102. The molecule has 32 heavy (non-hydrogen) atoms. The minimum absolute atomic E-state index is 0.232. The van der Waals surface area contributed by atoms with Gasteiger partial charge < -0.3 is 15.0 Å². The normalized spacial score (nSPS) is 10.9. The number of methoxy groups -OCH3 is 1. The Labute approximate surface area is 187 Å². The van der Waals surface area contributed by atoms with Gasteiger partial charge in [-0.3, -0.25) is 4.79 Å². The molecule has 0 saturated carbocycles. The van der Waals surface area contributed by atoms with E-state index in [0.29, 0.717) is 22.5 Å². The van der Waals surface area contributed by atoms with E-state index in [0.717, 1.165) is 29.9 Å². The number of hydrogen-bond acceptors (Lipinski definition) is 5. The van der Waals surface area contributed by atoms with E-state index in [4.69, 9.17) is 4.74 Å². The molecule has 4 rings (SSSR count). The summed E-state index contributed by atoms with van der Waals surface area (Å²) in [5.74, 6) is 0.298. The van der Waals surface area contributed by atoms with E-state index in [1.165, 1.54) is 5.69 Å². The summed E-state index contributed by atoms with van der Waals surface area (Å²) in [6.45, 7) is 8.15. The molecule has 1 N–H and O–H groups in total. The lowest BCUT2D eigenvalue weighted by Crippen LogP contribution is -2.21. The molecule has 0 unspecified atom stereocenters. The highest BCUT2D eigenvalue weighted by molar-refractivity contribution is 6.07. The molecule has 164 valence electrons. The Hall–Kier alpha value is -3.87. The van der Waals surface area contributed by atoms with Gasteiger partial charge in [-0.2, -0.15) is 4.80 Å². The maximum Gasteiger partial charge on any atom is 0.259 e. The molecule has 4 aromatic rings. The van der Waals surface area contributed by atoms with Crippen LogP contribution in [-0.4, -0.2) is 41.1 Å². The number of benzene rings is 3. The number of amides is 1. The Morgan fingerprint density at radius 3 is 2.31 bits per heavy atom. The van der Waals surface area contributed by atoms with Crippen molar-refractivity contribution < 1.29 is 9.53 Å². The summed E-state index contributed by atoms with van der Waals surface area (Å²) in [6.07, 6.45) is 0. The Morgan fingerprint density at radius 2 is 1.66 bits per heavy atom. The zero-order valence-electron chi connectivity index (χ0n) is 18.8. The van der Waals surface area contributed by atoms with Crippen LogP contribution in [0.3, 0.4) is 0 Å². The Bertz CT molecular complexity index is 1240. The van der Waals surface area contributed by atoms with Gasteiger partial charge in [0.1, 0.15) is 16.8 Å². The number of anilines is 2. The predicted octanol–water partition coefficient (Wildman–Crippen LogP) is 4.84. The number of para-hydroxylation sites is 1. The number of rotatable bonds is 7. The third kappa shape index (κ3) is 4.14. The maximum atomic E-state index is 12.8. The van der Waals surface area contributed by atoms with Gasteiger partial charge in [0.15, 0.2) is 0 Å². The highest BCUT2D eigenvalue weighted by Crippen LogP contribution is 2.25. The third-order valence-electron chi connectivity index (χ3n) is 5.54. The smallest absolute Gasteiger partial charge is 0.259 e. The fraction of sp³-hybridized carbons (Fsp3) is 0.240. The van der Waals surface area contributed by atoms with Crippen molar-refractivity contribution in [3.63, 3.8) is 0 Å². The summed E-state index contributed by atoms with van der Waals surface area (Å²) in [6, 6.07) is 19.1. The van der Waals surface area contributed by atoms with Crippen LogP contribution in [-0.2, 0) is 0 Å². The zero-order valence-corrected chi connectivity index (χ0v) is 18.8. The first-order valence-electron chi connectivity index (χ1n) is 10.7. The van der Waals surface area contributed by atoms with E-state index in [9.17, 15) is 4.79 Å². The highest BCUT2D eigenvalue weighted by atomic mass is 16.5. The second-order valence-electron chi connectivity index (χ2n) is 7.49.